The number of thioether (sulfide) groups is 1. The lowest BCUT2D eigenvalue weighted by Crippen LogP contribution is -2.40. The summed E-state index contributed by atoms with van der Waals surface area (Å²) in [5.41, 5.74) is 1.05. The highest BCUT2D eigenvalue weighted by atomic mass is 32.2. The fourth-order valence-electron chi connectivity index (χ4n) is 3.69. The highest BCUT2D eigenvalue weighted by Crippen LogP contribution is 2.39. The van der Waals surface area contributed by atoms with E-state index in [0.717, 1.165) is 55.1 Å². The molecular formula is C19H22N6OS2. The fraction of sp³-hybridized carbons (Fsp3) is 0.474. The Morgan fingerprint density at radius 3 is 2.89 bits per heavy atom. The molecule has 2 aliphatic rings. The van der Waals surface area contributed by atoms with Gasteiger partial charge in [-0.3, -0.25) is 4.79 Å². The van der Waals surface area contributed by atoms with Crippen molar-refractivity contribution in [2.24, 2.45) is 0 Å². The average Bonchev–Trinajstić information content (AvgIpc) is 3.36. The summed E-state index contributed by atoms with van der Waals surface area (Å²) in [4.78, 5) is 19.5. The number of nitrogen functional groups attached to an aromatic ring is 1. The van der Waals surface area contributed by atoms with Crippen molar-refractivity contribution in [3.8, 4) is 0 Å². The maximum absolute atomic E-state index is 12.8. The number of fused-ring (bicyclic) bond motifs is 1. The summed E-state index contributed by atoms with van der Waals surface area (Å²) < 4.78 is 2.76. The van der Waals surface area contributed by atoms with Gasteiger partial charge in [-0.25, -0.2) is 9.66 Å². The van der Waals surface area contributed by atoms with E-state index >= 15 is 0 Å². The molecule has 2 aromatic heterocycles. The summed E-state index contributed by atoms with van der Waals surface area (Å²) in [6.45, 7) is 1.55. The number of nitrogens with zero attached hydrogens (tertiary/aromatic N) is 5. The van der Waals surface area contributed by atoms with Crippen molar-refractivity contribution in [3.05, 3.63) is 35.1 Å². The van der Waals surface area contributed by atoms with Crippen molar-refractivity contribution in [2.75, 3.05) is 24.7 Å². The minimum absolute atomic E-state index is 0.131. The Labute approximate surface area is 171 Å². The maximum atomic E-state index is 12.8. The quantitative estimate of drug-likeness (QED) is 0.510. The molecule has 0 radical (unpaired) electrons. The molecule has 1 aromatic carbocycles. The molecule has 7 nitrogen and oxygen atoms in total. The van der Waals surface area contributed by atoms with Crippen molar-refractivity contribution in [3.63, 3.8) is 0 Å². The molecule has 1 aliphatic carbocycles. The van der Waals surface area contributed by atoms with Gasteiger partial charge in [0.25, 0.3) is 0 Å². The molecule has 3 aromatic rings. The van der Waals surface area contributed by atoms with Gasteiger partial charge in [-0.15, -0.1) is 21.5 Å². The summed E-state index contributed by atoms with van der Waals surface area (Å²) >= 11 is 3.12. The third-order valence-electron chi connectivity index (χ3n) is 5.39. The zero-order chi connectivity index (χ0) is 19.1. The summed E-state index contributed by atoms with van der Waals surface area (Å²) in [5.74, 6) is 8.15. The lowest BCUT2D eigenvalue weighted by Gasteiger charge is -2.31. The first-order valence-electron chi connectivity index (χ1n) is 9.65. The third-order valence-corrected chi connectivity index (χ3v) is 7.52. The lowest BCUT2D eigenvalue weighted by molar-refractivity contribution is -0.129. The molecule has 2 fully saturated rings. The van der Waals surface area contributed by atoms with E-state index in [-0.39, 0.29) is 5.91 Å². The number of aromatic nitrogens is 4. The molecule has 9 heteroatoms. The minimum atomic E-state index is 0.131. The number of nitrogens with two attached hydrogens (primary N) is 1. The Morgan fingerprint density at radius 2 is 2.07 bits per heavy atom. The van der Waals surface area contributed by atoms with E-state index in [4.69, 9.17) is 10.8 Å². The van der Waals surface area contributed by atoms with Gasteiger partial charge in [-0.1, -0.05) is 23.9 Å². The predicted octanol–water partition coefficient (Wildman–Crippen LogP) is 2.98. The van der Waals surface area contributed by atoms with Crippen LogP contribution in [0.2, 0.25) is 0 Å². The molecule has 1 saturated carbocycles. The van der Waals surface area contributed by atoms with Crippen LogP contribution in [0.15, 0.2) is 29.4 Å². The van der Waals surface area contributed by atoms with Gasteiger partial charge in [-0.05, 0) is 37.8 Å². The van der Waals surface area contributed by atoms with Gasteiger partial charge in [0.1, 0.15) is 0 Å². The van der Waals surface area contributed by atoms with Crippen LogP contribution in [0.4, 0.5) is 0 Å². The number of benzene rings is 1. The van der Waals surface area contributed by atoms with Gasteiger partial charge in [0.05, 0.1) is 21.0 Å². The SMILES string of the molecule is Nn1c(SCC(=O)N2CCC[C@@H](c3nc4ccccc4s3)C2)nnc1C1CC1. The number of carbonyl (C=O) groups excluding carboxylic acids is 1. The smallest absolute Gasteiger partial charge is 0.233 e. The second kappa shape index (κ2) is 7.36. The first-order valence-corrected chi connectivity index (χ1v) is 11.5. The number of thiazole rings is 1. The Kier molecular flexibility index (Phi) is 4.72. The van der Waals surface area contributed by atoms with Crippen molar-refractivity contribution >= 4 is 39.2 Å². The number of hydrogen-bond acceptors (Lipinski definition) is 7. The highest BCUT2D eigenvalue weighted by Gasteiger charge is 2.31. The number of rotatable bonds is 5. The molecule has 0 bridgehead atoms. The van der Waals surface area contributed by atoms with Crippen molar-refractivity contribution < 1.29 is 4.79 Å². The van der Waals surface area contributed by atoms with Gasteiger partial charge < -0.3 is 10.7 Å². The highest BCUT2D eigenvalue weighted by molar-refractivity contribution is 7.99. The van der Waals surface area contributed by atoms with E-state index in [1.54, 1.807) is 16.0 Å². The summed E-state index contributed by atoms with van der Waals surface area (Å²) in [7, 11) is 0. The van der Waals surface area contributed by atoms with Gasteiger partial charge in [0.15, 0.2) is 5.82 Å². The number of likely N-dealkylation sites (tertiary alicyclic amines) is 1. The van der Waals surface area contributed by atoms with E-state index in [0.29, 0.717) is 22.7 Å². The van der Waals surface area contributed by atoms with Crippen molar-refractivity contribution in [1.82, 2.24) is 24.8 Å². The van der Waals surface area contributed by atoms with Crippen LogP contribution in [0.1, 0.15) is 48.4 Å². The van der Waals surface area contributed by atoms with Crippen LogP contribution in [0, 0.1) is 0 Å². The van der Waals surface area contributed by atoms with Gasteiger partial charge in [0.2, 0.25) is 11.1 Å². The number of piperidine rings is 1. The molecular weight excluding hydrogens is 392 g/mol. The summed E-state index contributed by atoms with van der Waals surface area (Å²) in [6.07, 6.45) is 4.34. The zero-order valence-corrected chi connectivity index (χ0v) is 17.1. The minimum Gasteiger partial charge on any atom is -0.341 e. The van der Waals surface area contributed by atoms with E-state index in [2.05, 4.69) is 22.3 Å². The topological polar surface area (TPSA) is 89.9 Å². The molecule has 3 heterocycles. The van der Waals surface area contributed by atoms with Crippen molar-refractivity contribution in [1.29, 1.82) is 0 Å². The first kappa shape index (κ1) is 17.9. The second-order valence-electron chi connectivity index (χ2n) is 7.47. The van der Waals surface area contributed by atoms with Crippen LogP contribution < -0.4 is 5.84 Å². The molecule has 1 saturated heterocycles. The van der Waals surface area contributed by atoms with E-state index in [1.165, 1.54) is 16.5 Å². The van der Waals surface area contributed by atoms with Crippen LogP contribution in [0.3, 0.4) is 0 Å². The van der Waals surface area contributed by atoms with Gasteiger partial charge in [-0.2, -0.15) is 0 Å². The largest absolute Gasteiger partial charge is 0.341 e. The maximum Gasteiger partial charge on any atom is 0.233 e. The molecule has 1 amide bonds. The average molecular weight is 415 g/mol. The first-order chi connectivity index (χ1) is 13.7. The number of carbonyl (C=O) groups is 1. The molecule has 28 heavy (non-hydrogen) atoms. The van der Waals surface area contributed by atoms with Crippen LogP contribution in [-0.4, -0.2) is 49.5 Å². The molecule has 1 atom stereocenters. The molecule has 1 aliphatic heterocycles. The van der Waals surface area contributed by atoms with E-state index in [1.807, 2.05) is 17.0 Å². The summed E-state index contributed by atoms with van der Waals surface area (Å²) in [5, 5.41) is 10.1. The normalized spacial score (nSPS) is 20.0. The van der Waals surface area contributed by atoms with Gasteiger partial charge in [0, 0.05) is 24.9 Å². The Bertz CT molecular complexity index is 978. The Balaban J connectivity index is 1.22. The number of amides is 1. The molecule has 0 unspecified atom stereocenters. The zero-order valence-electron chi connectivity index (χ0n) is 15.5. The lowest BCUT2D eigenvalue weighted by atomic mass is 9.99. The third kappa shape index (κ3) is 3.48. The standard InChI is InChI=1S/C19H22N6OS2/c20-25-17(12-7-8-12)22-23-19(25)27-11-16(26)24-9-3-4-13(10-24)18-21-14-5-1-2-6-15(14)28-18/h1-2,5-6,12-13H,3-4,7-11,20H2/t13-/m1/s1. The van der Waals surface area contributed by atoms with Crippen LogP contribution >= 0.6 is 23.1 Å². The number of para-hydroxylation sites is 1. The van der Waals surface area contributed by atoms with Gasteiger partial charge >= 0.3 is 0 Å². The fourth-order valence-corrected chi connectivity index (χ4v) is 5.55. The summed E-state index contributed by atoms with van der Waals surface area (Å²) in [6, 6.07) is 8.22. The second-order valence-corrected chi connectivity index (χ2v) is 9.48. The monoisotopic (exact) mass is 414 g/mol. The molecule has 0 spiro atoms. The molecule has 146 valence electrons. The van der Waals surface area contributed by atoms with Crippen LogP contribution in [0.25, 0.3) is 10.2 Å². The van der Waals surface area contributed by atoms with Crippen molar-refractivity contribution in [2.45, 2.75) is 42.7 Å². The van der Waals surface area contributed by atoms with Crippen LogP contribution in [0.5, 0.6) is 0 Å². The molecule has 5 rings (SSSR count). The van der Waals surface area contributed by atoms with Crippen LogP contribution in [-0.2, 0) is 4.79 Å². The van der Waals surface area contributed by atoms with E-state index in [9.17, 15) is 4.79 Å². The molecule has 2 N–H and O–H groups in total. The van der Waals surface area contributed by atoms with E-state index < -0.39 is 0 Å². The Morgan fingerprint density at radius 1 is 1.21 bits per heavy atom. The predicted molar refractivity (Wildman–Crippen MR) is 111 cm³/mol. The number of hydrogen-bond donors (Lipinski definition) is 1. The Hall–Kier alpha value is -2.13.